The van der Waals surface area contributed by atoms with Crippen LogP contribution in [0.4, 0.5) is 0 Å². The maximum atomic E-state index is 14.7. The lowest BCUT2D eigenvalue weighted by Gasteiger charge is -2.25. The highest BCUT2D eigenvalue weighted by atomic mass is 32.2. The number of primary amides is 1. The lowest BCUT2D eigenvalue weighted by molar-refractivity contribution is -0.137. The Kier molecular flexibility index (Phi) is 13.4. The first kappa shape index (κ1) is 41.7. The third-order valence-electron chi connectivity index (χ3n) is 12.8. The molecule has 3 aromatic rings. The van der Waals surface area contributed by atoms with Gasteiger partial charge in [0, 0.05) is 58.9 Å². The lowest BCUT2D eigenvalue weighted by atomic mass is 9.79. The summed E-state index contributed by atoms with van der Waals surface area (Å²) >= 11 is -1.76. The van der Waals surface area contributed by atoms with Crippen molar-refractivity contribution in [2.45, 2.75) is 120 Å². The van der Waals surface area contributed by atoms with Gasteiger partial charge in [0.05, 0.1) is 24.2 Å². The Hall–Kier alpha value is -4.42. The second-order valence-electron chi connectivity index (χ2n) is 17.0. The second-order valence-corrected chi connectivity index (χ2v) is 18.2. The maximum absolute atomic E-state index is 14.7. The number of carbonyl (C=O) groups excluding carboxylic acids is 4. The van der Waals surface area contributed by atoms with Crippen LogP contribution in [0.2, 0.25) is 0 Å². The van der Waals surface area contributed by atoms with Crippen LogP contribution in [0.5, 0.6) is 11.5 Å². The molecule has 2 aromatic carbocycles. The van der Waals surface area contributed by atoms with Crippen LogP contribution in [0.25, 0.3) is 22.2 Å². The molecule has 4 saturated carbocycles. The van der Waals surface area contributed by atoms with Gasteiger partial charge in [-0.15, -0.1) is 0 Å². The van der Waals surface area contributed by atoms with E-state index in [1.165, 1.54) is 0 Å². The van der Waals surface area contributed by atoms with Crippen LogP contribution >= 0.6 is 0 Å². The summed E-state index contributed by atoms with van der Waals surface area (Å²) in [5.74, 6) is -1.10. The van der Waals surface area contributed by atoms with E-state index in [0.717, 1.165) is 80.9 Å². The number of benzene rings is 2. The van der Waals surface area contributed by atoms with Gasteiger partial charge in [0.1, 0.15) is 34.7 Å². The van der Waals surface area contributed by atoms with Crippen molar-refractivity contribution >= 4 is 45.4 Å². The first-order valence-electron chi connectivity index (χ1n) is 21.2. The Morgan fingerprint density at radius 2 is 1.67 bits per heavy atom. The smallest absolute Gasteiger partial charge is 0.243 e. The molecular formula is C46H56N3O8S-. The minimum Gasteiger partial charge on any atom is -0.772 e. The molecule has 58 heavy (non-hydrogen) atoms. The topological polar surface area (TPSA) is 178 Å². The number of nitrogens with zero attached hydrogens (tertiary/aromatic N) is 1. The number of nitrogens with one attached hydrogen (secondary N) is 1. The van der Waals surface area contributed by atoms with Gasteiger partial charge in [-0.2, -0.15) is 0 Å². The monoisotopic (exact) mass is 810 g/mol. The molecule has 0 saturated heterocycles. The predicted molar refractivity (Wildman–Crippen MR) is 221 cm³/mol. The predicted octanol–water partition coefficient (Wildman–Crippen LogP) is 7.32. The molecule has 0 spiro atoms. The van der Waals surface area contributed by atoms with E-state index in [9.17, 15) is 27.9 Å². The molecule has 5 aliphatic rings. The molecule has 1 aromatic heterocycles. The zero-order valence-electron chi connectivity index (χ0n) is 33.4. The maximum Gasteiger partial charge on any atom is 0.243 e. The van der Waals surface area contributed by atoms with E-state index in [1.807, 2.05) is 60.7 Å². The van der Waals surface area contributed by atoms with Crippen LogP contribution < -0.4 is 20.5 Å². The fraction of sp³-hybridized carbons (Fsp3) is 0.543. The fourth-order valence-corrected chi connectivity index (χ4v) is 9.76. The van der Waals surface area contributed by atoms with Crippen molar-refractivity contribution in [2.24, 2.45) is 35.3 Å². The molecule has 3 N–H and O–H groups in total. The van der Waals surface area contributed by atoms with Gasteiger partial charge in [0.25, 0.3) is 0 Å². The summed E-state index contributed by atoms with van der Waals surface area (Å²) in [7, 11) is 1.62. The summed E-state index contributed by atoms with van der Waals surface area (Å²) in [5, 5.41) is 3.84. The van der Waals surface area contributed by atoms with E-state index in [2.05, 4.69) is 11.4 Å². The lowest BCUT2D eigenvalue weighted by Crippen LogP contribution is -2.51. The average Bonchev–Trinajstić information content (AvgIpc) is 4.09. The number of pyridine rings is 1. The molecule has 2 heterocycles. The molecule has 11 nitrogen and oxygen atoms in total. The number of ketones is 2. The molecule has 1 aliphatic heterocycles. The molecule has 310 valence electrons. The number of methoxy groups -OCH3 is 1. The van der Waals surface area contributed by atoms with Crippen molar-refractivity contribution in [3.63, 3.8) is 0 Å². The quantitative estimate of drug-likeness (QED) is 0.157. The third kappa shape index (κ3) is 10.1. The first-order valence-corrected chi connectivity index (χ1v) is 22.3. The highest BCUT2D eigenvalue weighted by Gasteiger charge is 2.60. The van der Waals surface area contributed by atoms with Crippen molar-refractivity contribution in [2.75, 3.05) is 7.11 Å². The molecular weight excluding hydrogens is 755 g/mol. The molecule has 4 aliphatic carbocycles. The summed E-state index contributed by atoms with van der Waals surface area (Å²) in [5.41, 5.74) is 7.12. The van der Waals surface area contributed by atoms with Gasteiger partial charge >= 0.3 is 0 Å². The number of carbonyl (C=O) groups is 4. The molecule has 7 atom stereocenters. The SMILES string of the molecule is COc1ccc2c(O[C@H]3CC4C(=O)[C@@H](CC(=O)CC5CCCC5)CCCCC/C=C\[C@@H]5C[C@@]5(C(N)=O)NC(=O)[C@@H]4C3)cc(-c3ccccc3)nc2c1.O=S([O-])C1CC1. The average molecular weight is 811 g/mol. The molecule has 0 radical (unpaired) electrons. The van der Waals surface area contributed by atoms with E-state index in [1.54, 1.807) is 7.11 Å². The summed E-state index contributed by atoms with van der Waals surface area (Å²) in [6.45, 7) is 0. The number of aromatic nitrogens is 1. The Labute approximate surface area is 343 Å². The largest absolute Gasteiger partial charge is 0.772 e. The van der Waals surface area contributed by atoms with Crippen molar-refractivity contribution in [3.8, 4) is 22.8 Å². The highest BCUT2D eigenvalue weighted by molar-refractivity contribution is 7.80. The van der Waals surface area contributed by atoms with Crippen LogP contribution in [0, 0.1) is 29.6 Å². The molecule has 12 heteroatoms. The second kappa shape index (κ2) is 18.7. The standard InChI is InChI=1S/C43H51N3O6.C3H6O2S/c1-51-32-18-19-34-38(24-32)45-37(28-14-7-5-8-15-28)25-39(34)52-33-22-35-36(23-33)41(49)46-43(42(44)50)26-30(43)17-9-4-2-3-6-16-29(40(35)48)21-31(47)20-27-12-10-11-13-27;4-6(5)3-1-2-3/h5,7-9,14-15,17-19,24-25,27,29-30,33,35-36H,2-4,6,10-13,16,20-23,26H2,1H3,(H2,44,50)(H,46,49);3H,1-2H2,(H,4,5)/p-1/b17-9-;/t29-,30-,33+,35?,36-,43-;/m1./s1. The minimum atomic E-state index is -1.76. The summed E-state index contributed by atoms with van der Waals surface area (Å²) in [6.07, 6.45) is 15.9. The normalized spacial score (nSPS) is 28.7. The van der Waals surface area contributed by atoms with Gasteiger partial charge in [-0.1, -0.05) is 92.1 Å². The zero-order chi connectivity index (χ0) is 40.8. The van der Waals surface area contributed by atoms with Gasteiger partial charge in [0.15, 0.2) is 0 Å². The van der Waals surface area contributed by atoms with Crippen molar-refractivity contribution in [3.05, 3.63) is 66.7 Å². The Balaban J connectivity index is 0.000000783. The molecule has 8 rings (SSSR count). The van der Waals surface area contributed by atoms with E-state index in [-0.39, 0.29) is 35.1 Å². The van der Waals surface area contributed by atoms with Crippen LogP contribution in [-0.2, 0) is 30.3 Å². The third-order valence-corrected chi connectivity index (χ3v) is 13.8. The number of ether oxygens (including phenoxy) is 2. The summed E-state index contributed by atoms with van der Waals surface area (Å²) in [4.78, 5) is 60.1. The number of amides is 2. The number of hydrogen-bond acceptors (Lipinski definition) is 9. The van der Waals surface area contributed by atoms with Gasteiger partial charge in [0.2, 0.25) is 11.8 Å². The van der Waals surface area contributed by atoms with E-state index in [4.69, 9.17) is 20.2 Å². The molecule has 2 unspecified atom stereocenters. The number of hydrogen-bond donors (Lipinski definition) is 2. The Morgan fingerprint density at radius 3 is 2.36 bits per heavy atom. The van der Waals surface area contributed by atoms with Gasteiger partial charge in [-0.25, -0.2) is 4.98 Å². The van der Waals surface area contributed by atoms with E-state index >= 15 is 0 Å². The van der Waals surface area contributed by atoms with Gasteiger partial charge < -0.3 is 25.1 Å². The molecule has 4 fully saturated rings. The molecule has 2 amide bonds. The number of nitrogens with two attached hydrogens (primary N) is 1. The fourth-order valence-electron chi connectivity index (χ4n) is 9.24. The number of fused-ring (bicyclic) bond motifs is 3. The first-order chi connectivity index (χ1) is 28.0. The highest BCUT2D eigenvalue weighted by Crippen LogP contribution is 2.47. The van der Waals surface area contributed by atoms with Crippen molar-refractivity contribution in [1.29, 1.82) is 0 Å². The summed E-state index contributed by atoms with van der Waals surface area (Å²) < 4.78 is 31.8. The molecule has 0 bridgehead atoms. The van der Waals surface area contributed by atoms with E-state index in [0.29, 0.717) is 55.0 Å². The number of allylic oxidation sites excluding steroid dienone is 1. The van der Waals surface area contributed by atoms with Gasteiger partial charge in [-0.3, -0.25) is 23.4 Å². The number of Topliss-reactive ketones (excluding diaryl/α,β-unsaturated/α-hetero) is 2. The van der Waals surface area contributed by atoms with Crippen LogP contribution in [0.3, 0.4) is 0 Å². The van der Waals surface area contributed by atoms with Crippen LogP contribution in [0.15, 0.2) is 66.7 Å². The number of rotatable bonds is 10. The van der Waals surface area contributed by atoms with Crippen molar-refractivity contribution < 1.29 is 37.4 Å². The van der Waals surface area contributed by atoms with Crippen LogP contribution in [-0.4, -0.2) is 61.1 Å². The summed E-state index contributed by atoms with van der Waals surface area (Å²) in [6, 6.07) is 17.4. The van der Waals surface area contributed by atoms with E-state index < -0.39 is 46.4 Å². The Morgan fingerprint density at radius 1 is 0.931 bits per heavy atom. The minimum absolute atomic E-state index is 0.0185. The Bertz CT molecular complexity index is 2030. The van der Waals surface area contributed by atoms with Gasteiger partial charge in [-0.05, 0) is 69.4 Å². The van der Waals surface area contributed by atoms with Crippen LogP contribution in [0.1, 0.15) is 103 Å². The van der Waals surface area contributed by atoms with Crippen molar-refractivity contribution in [1.82, 2.24) is 10.3 Å². The zero-order valence-corrected chi connectivity index (χ0v) is 34.2.